The largest absolute Gasteiger partial charge is 0.0654 e. The van der Waals surface area contributed by atoms with Crippen molar-refractivity contribution in [3.8, 4) is 0 Å². The van der Waals surface area contributed by atoms with Gasteiger partial charge in [0.2, 0.25) is 0 Å². The maximum absolute atomic E-state index is 2.47. The lowest BCUT2D eigenvalue weighted by atomic mass is 9.84. The van der Waals surface area contributed by atoms with Gasteiger partial charge in [-0.05, 0) is 24.2 Å². The van der Waals surface area contributed by atoms with Crippen LogP contribution in [-0.4, -0.2) is 0 Å². The third-order valence-electron chi connectivity index (χ3n) is 5.94. The van der Waals surface area contributed by atoms with Gasteiger partial charge in [0, 0.05) is 0 Å². The minimum absolute atomic E-state index is 0.902. The summed E-state index contributed by atoms with van der Waals surface area (Å²) in [5, 5.41) is 0. The minimum Gasteiger partial charge on any atom is -0.0654 e. The maximum Gasteiger partial charge on any atom is -0.0415 e. The molecule has 0 radical (unpaired) electrons. The lowest BCUT2D eigenvalue weighted by Gasteiger charge is -2.22. The van der Waals surface area contributed by atoms with E-state index >= 15 is 0 Å². The molecule has 0 rings (SSSR count). The summed E-state index contributed by atoms with van der Waals surface area (Å²) in [6.07, 6.45) is 21.8. The molecule has 3 atom stereocenters. The molecule has 0 saturated carbocycles. The fourth-order valence-corrected chi connectivity index (χ4v) is 3.72. The van der Waals surface area contributed by atoms with E-state index in [1.165, 1.54) is 96.3 Å². The SMILES string of the molecule is CCCCCCCCCCCCCCC(C)CC(C)C(C)CC. The zero-order valence-corrected chi connectivity index (χ0v) is 17.3. The van der Waals surface area contributed by atoms with Gasteiger partial charge in [0.25, 0.3) is 0 Å². The lowest BCUT2D eigenvalue weighted by Crippen LogP contribution is -2.11. The topological polar surface area (TPSA) is 0 Å². The summed E-state index contributed by atoms with van der Waals surface area (Å²) >= 11 is 0. The average Bonchev–Trinajstić information content (AvgIpc) is 2.54. The summed E-state index contributed by atoms with van der Waals surface area (Å²) in [5.41, 5.74) is 0. The van der Waals surface area contributed by atoms with Crippen LogP contribution in [0.4, 0.5) is 0 Å². The molecular formula is C23H48. The Morgan fingerprint density at radius 1 is 0.522 bits per heavy atom. The van der Waals surface area contributed by atoms with E-state index in [1.54, 1.807) is 0 Å². The number of hydrogen-bond donors (Lipinski definition) is 0. The Hall–Kier alpha value is 0. The molecule has 0 aromatic rings. The van der Waals surface area contributed by atoms with Crippen LogP contribution in [0.2, 0.25) is 0 Å². The zero-order chi connectivity index (χ0) is 17.3. The van der Waals surface area contributed by atoms with Crippen LogP contribution in [0.15, 0.2) is 0 Å². The van der Waals surface area contributed by atoms with Gasteiger partial charge in [-0.15, -0.1) is 0 Å². The van der Waals surface area contributed by atoms with E-state index in [0.717, 1.165) is 17.8 Å². The molecule has 0 amide bonds. The highest BCUT2D eigenvalue weighted by Gasteiger charge is 2.13. The lowest BCUT2D eigenvalue weighted by molar-refractivity contribution is 0.294. The van der Waals surface area contributed by atoms with E-state index in [4.69, 9.17) is 0 Å². The Morgan fingerprint density at radius 2 is 0.957 bits per heavy atom. The first kappa shape index (κ1) is 23.0. The van der Waals surface area contributed by atoms with Crippen molar-refractivity contribution >= 4 is 0 Å². The first-order valence-corrected chi connectivity index (χ1v) is 11.1. The predicted molar refractivity (Wildman–Crippen MR) is 108 cm³/mol. The molecule has 23 heavy (non-hydrogen) atoms. The molecule has 0 aliphatic heterocycles. The van der Waals surface area contributed by atoms with Gasteiger partial charge in [0.15, 0.2) is 0 Å². The quantitative estimate of drug-likeness (QED) is 0.234. The molecule has 0 aromatic carbocycles. The summed E-state index contributed by atoms with van der Waals surface area (Å²) in [5.74, 6) is 2.74. The van der Waals surface area contributed by atoms with Crippen LogP contribution >= 0.6 is 0 Å². The maximum atomic E-state index is 2.47. The van der Waals surface area contributed by atoms with Crippen LogP contribution in [0.3, 0.4) is 0 Å². The second kappa shape index (κ2) is 16.8. The average molecular weight is 325 g/mol. The molecule has 0 bridgehead atoms. The molecule has 3 unspecified atom stereocenters. The Bertz CT molecular complexity index is 220. The molecular weight excluding hydrogens is 276 g/mol. The Morgan fingerprint density at radius 3 is 1.39 bits per heavy atom. The molecule has 0 saturated heterocycles. The van der Waals surface area contributed by atoms with Crippen molar-refractivity contribution in [2.45, 2.75) is 131 Å². The highest BCUT2D eigenvalue weighted by Crippen LogP contribution is 2.25. The number of hydrogen-bond acceptors (Lipinski definition) is 0. The standard InChI is InChI=1S/C23H48/c1-6-8-9-10-11-12-13-14-15-16-17-18-19-21(3)20-23(5)22(4)7-2/h21-23H,6-20H2,1-5H3. The molecule has 0 aromatic heterocycles. The fraction of sp³-hybridized carbons (Fsp3) is 1.00. The smallest absolute Gasteiger partial charge is 0.0415 e. The molecule has 0 nitrogen and oxygen atoms in total. The Kier molecular flexibility index (Phi) is 16.8. The zero-order valence-electron chi connectivity index (χ0n) is 17.3. The van der Waals surface area contributed by atoms with Crippen LogP contribution in [0.1, 0.15) is 131 Å². The van der Waals surface area contributed by atoms with Crippen LogP contribution in [0.5, 0.6) is 0 Å². The van der Waals surface area contributed by atoms with Crippen molar-refractivity contribution in [2.24, 2.45) is 17.8 Å². The molecule has 0 heteroatoms. The van der Waals surface area contributed by atoms with Gasteiger partial charge in [-0.1, -0.05) is 125 Å². The van der Waals surface area contributed by atoms with Crippen molar-refractivity contribution in [1.29, 1.82) is 0 Å². The first-order valence-electron chi connectivity index (χ1n) is 11.1. The summed E-state index contributed by atoms with van der Waals surface area (Å²) in [7, 11) is 0. The number of rotatable bonds is 17. The fourth-order valence-electron chi connectivity index (χ4n) is 3.72. The molecule has 140 valence electrons. The van der Waals surface area contributed by atoms with Crippen LogP contribution < -0.4 is 0 Å². The van der Waals surface area contributed by atoms with Crippen LogP contribution in [0, 0.1) is 17.8 Å². The van der Waals surface area contributed by atoms with E-state index in [1.807, 2.05) is 0 Å². The van der Waals surface area contributed by atoms with Gasteiger partial charge in [-0.2, -0.15) is 0 Å². The third kappa shape index (κ3) is 15.3. The molecule has 0 N–H and O–H groups in total. The third-order valence-corrected chi connectivity index (χ3v) is 5.94. The summed E-state index contributed by atoms with van der Waals surface area (Å²) in [6, 6.07) is 0. The van der Waals surface area contributed by atoms with Gasteiger partial charge < -0.3 is 0 Å². The van der Waals surface area contributed by atoms with Crippen LogP contribution in [0.25, 0.3) is 0 Å². The predicted octanol–water partition coefficient (Wildman–Crippen LogP) is 8.79. The highest BCUT2D eigenvalue weighted by atomic mass is 14.2. The molecule has 0 heterocycles. The van der Waals surface area contributed by atoms with Crippen molar-refractivity contribution in [3.05, 3.63) is 0 Å². The van der Waals surface area contributed by atoms with Crippen molar-refractivity contribution in [2.75, 3.05) is 0 Å². The van der Waals surface area contributed by atoms with Crippen molar-refractivity contribution in [3.63, 3.8) is 0 Å². The van der Waals surface area contributed by atoms with Crippen molar-refractivity contribution < 1.29 is 0 Å². The van der Waals surface area contributed by atoms with Gasteiger partial charge >= 0.3 is 0 Å². The van der Waals surface area contributed by atoms with Gasteiger partial charge in [0.05, 0.1) is 0 Å². The minimum atomic E-state index is 0.902. The highest BCUT2D eigenvalue weighted by molar-refractivity contribution is 4.65. The van der Waals surface area contributed by atoms with E-state index in [9.17, 15) is 0 Å². The summed E-state index contributed by atoms with van der Waals surface area (Å²) in [4.78, 5) is 0. The summed E-state index contributed by atoms with van der Waals surface area (Å²) < 4.78 is 0. The Balaban J connectivity index is 3.26. The van der Waals surface area contributed by atoms with Gasteiger partial charge in [-0.25, -0.2) is 0 Å². The second-order valence-corrected chi connectivity index (χ2v) is 8.38. The van der Waals surface area contributed by atoms with E-state index in [-0.39, 0.29) is 0 Å². The normalized spacial score (nSPS) is 15.5. The molecule has 0 fully saturated rings. The van der Waals surface area contributed by atoms with E-state index in [2.05, 4.69) is 34.6 Å². The molecule has 0 aliphatic carbocycles. The van der Waals surface area contributed by atoms with E-state index < -0.39 is 0 Å². The number of unbranched alkanes of at least 4 members (excludes halogenated alkanes) is 11. The van der Waals surface area contributed by atoms with Crippen LogP contribution in [-0.2, 0) is 0 Å². The monoisotopic (exact) mass is 324 g/mol. The molecule has 0 aliphatic rings. The molecule has 0 spiro atoms. The summed E-state index contributed by atoms with van der Waals surface area (Å²) in [6.45, 7) is 12.0. The van der Waals surface area contributed by atoms with Gasteiger partial charge in [0.1, 0.15) is 0 Å². The Labute approximate surface area is 149 Å². The van der Waals surface area contributed by atoms with Gasteiger partial charge in [-0.3, -0.25) is 0 Å². The first-order chi connectivity index (χ1) is 11.1. The van der Waals surface area contributed by atoms with E-state index in [0.29, 0.717) is 0 Å². The second-order valence-electron chi connectivity index (χ2n) is 8.38. The van der Waals surface area contributed by atoms with Crippen molar-refractivity contribution in [1.82, 2.24) is 0 Å².